The van der Waals surface area contributed by atoms with Crippen molar-refractivity contribution < 1.29 is 14.1 Å². The summed E-state index contributed by atoms with van der Waals surface area (Å²) >= 11 is 0. The van der Waals surface area contributed by atoms with E-state index in [1.807, 2.05) is 4.90 Å². The lowest BCUT2D eigenvalue weighted by molar-refractivity contribution is -0.140. The van der Waals surface area contributed by atoms with E-state index in [0.29, 0.717) is 24.1 Å². The molecule has 7 nitrogen and oxygen atoms in total. The molecule has 4 rings (SSSR count). The highest BCUT2D eigenvalue weighted by molar-refractivity contribution is 5.92. The Hall–Kier alpha value is -1.89. The molecule has 7 heteroatoms. The Balaban J connectivity index is 1.30. The highest BCUT2D eigenvalue weighted by atomic mass is 16.5. The van der Waals surface area contributed by atoms with Crippen molar-refractivity contribution in [3.8, 4) is 0 Å². The van der Waals surface area contributed by atoms with Crippen molar-refractivity contribution in [3.63, 3.8) is 0 Å². The fraction of sp³-hybridized carbons (Fsp3) is 0.750. The minimum Gasteiger partial charge on any atom is -0.360 e. The van der Waals surface area contributed by atoms with Gasteiger partial charge in [0, 0.05) is 37.2 Å². The van der Waals surface area contributed by atoms with E-state index in [1.54, 1.807) is 6.07 Å². The first-order chi connectivity index (χ1) is 13.0. The van der Waals surface area contributed by atoms with Crippen LogP contribution in [0, 0.1) is 11.8 Å². The molecule has 1 aromatic rings. The monoisotopic (exact) mass is 374 g/mol. The summed E-state index contributed by atoms with van der Waals surface area (Å²) in [4.78, 5) is 27.4. The van der Waals surface area contributed by atoms with Crippen LogP contribution in [0.4, 0.5) is 0 Å². The first-order valence-electron chi connectivity index (χ1n) is 10.3. The lowest BCUT2D eigenvalue weighted by Crippen LogP contribution is -2.54. The first kappa shape index (κ1) is 18.5. The SMILES string of the molecule is CC1CNCC(C(=O)N2CCC(NC(=O)c3cc(C4CC4)on3)C[C@@H]2C)C1. The fourth-order valence-electron chi connectivity index (χ4n) is 4.43. The van der Waals surface area contributed by atoms with Gasteiger partial charge in [0.2, 0.25) is 5.91 Å². The molecule has 3 unspecified atom stereocenters. The molecule has 1 saturated carbocycles. The van der Waals surface area contributed by atoms with E-state index in [4.69, 9.17) is 4.52 Å². The van der Waals surface area contributed by atoms with Gasteiger partial charge < -0.3 is 20.1 Å². The number of nitrogens with zero attached hydrogens (tertiary/aromatic N) is 2. The molecular formula is C20H30N4O3. The molecule has 4 atom stereocenters. The largest absolute Gasteiger partial charge is 0.360 e. The number of rotatable bonds is 4. The summed E-state index contributed by atoms with van der Waals surface area (Å²) in [7, 11) is 0. The normalized spacial score (nSPS) is 31.6. The second-order valence-electron chi connectivity index (χ2n) is 8.66. The zero-order chi connectivity index (χ0) is 19.0. The summed E-state index contributed by atoms with van der Waals surface area (Å²) in [6.45, 7) is 6.75. The second kappa shape index (κ2) is 7.62. The molecule has 0 bridgehead atoms. The number of hydrogen-bond donors (Lipinski definition) is 2. The van der Waals surface area contributed by atoms with Crippen LogP contribution in [0.3, 0.4) is 0 Å². The van der Waals surface area contributed by atoms with Gasteiger partial charge in [-0.05, 0) is 51.5 Å². The van der Waals surface area contributed by atoms with Crippen LogP contribution in [0.2, 0.25) is 0 Å². The van der Waals surface area contributed by atoms with Crippen molar-refractivity contribution >= 4 is 11.8 Å². The third-order valence-electron chi connectivity index (χ3n) is 6.15. The number of nitrogens with one attached hydrogen (secondary N) is 2. The van der Waals surface area contributed by atoms with Gasteiger partial charge >= 0.3 is 0 Å². The molecular weight excluding hydrogens is 344 g/mol. The third kappa shape index (κ3) is 4.18. The number of aromatic nitrogens is 1. The number of likely N-dealkylation sites (tertiary alicyclic amines) is 1. The summed E-state index contributed by atoms with van der Waals surface area (Å²) in [6.07, 6.45) is 4.77. The Kier molecular flexibility index (Phi) is 5.21. The molecule has 3 heterocycles. The summed E-state index contributed by atoms with van der Waals surface area (Å²) in [6, 6.07) is 1.97. The molecule has 3 aliphatic rings. The number of carbonyl (C=O) groups excluding carboxylic acids is 2. The summed E-state index contributed by atoms with van der Waals surface area (Å²) in [5.41, 5.74) is 0.366. The van der Waals surface area contributed by atoms with Gasteiger partial charge in [-0.3, -0.25) is 9.59 Å². The second-order valence-corrected chi connectivity index (χ2v) is 8.66. The minimum atomic E-state index is -0.173. The van der Waals surface area contributed by atoms with Crippen LogP contribution >= 0.6 is 0 Å². The smallest absolute Gasteiger partial charge is 0.273 e. The highest BCUT2D eigenvalue weighted by Crippen LogP contribution is 2.40. The molecule has 0 aromatic carbocycles. The topological polar surface area (TPSA) is 87.5 Å². The van der Waals surface area contributed by atoms with Crippen LogP contribution < -0.4 is 10.6 Å². The van der Waals surface area contributed by atoms with Gasteiger partial charge in [-0.2, -0.15) is 0 Å². The van der Waals surface area contributed by atoms with Gasteiger partial charge in [0.1, 0.15) is 5.76 Å². The van der Waals surface area contributed by atoms with Crippen molar-refractivity contribution in [2.24, 2.45) is 11.8 Å². The zero-order valence-corrected chi connectivity index (χ0v) is 16.2. The molecule has 0 spiro atoms. The van der Waals surface area contributed by atoms with Crippen LogP contribution in [0.25, 0.3) is 0 Å². The maximum Gasteiger partial charge on any atom is 0.273 e. The lowest BCUT2D eigenvalue weighted by Gasteiger charge is -2.40. The average molecular weight is 374 g/mol. The third-order valence-corrected chi connectivity index (χ3v) is 6.15. The van der Waals surface area contributed by atoms with Gasteiger partial charge in [-0.15, -0.1) is 0 Å². The summed E-state index contributed by atoms with van der Waals surface area (Å²) < 4.78 is 5.27. The van der Waals surface area contributed by atoms with E-state index in [2.05, 4.69) is 29.6 Å². The molecule has 148 valence electrons. The van der Waals surface area contributed by atoms with Gasteiger partial charge in [0.05, 0.1) is 5.92 Å². The zero-order valence-electron chi connectivity index (χ0n) is 16.2. The van der Waals surface area contributed by atoms with Crippen LogP contribution in [-0.4, -0.2) is 53.6 Å². The van der Waals surface area contributed by atoms with Gasteiger partial charge in [0.15, 0.2) is 5.69 Å². The maximum atomic E-state index is 12.9. The molecule has 2 amide bonds. The Morgan fingerprint density at radius 1 is 1.22 bits per heavy atom. The fourth-order valence-corrected chi connectivity index (χ4v) is 4.43. The summed E-state index contributed by atoms with van der Waals surface area (Å²) in [5, 5.41) is 10.4. The molecule has 1 aliphatic carbocycles. The van der Waals surface area contributed by atoms with Crippen LogP contribution in [0.5, 0.6) is 0 Å². The molecule has 0 radical (unpaired) electrons. The van der Waals surface area contributed by atoms with Crippen LogP contribution in [0.15, 0.2) is 10.6 Å². The van der Waals surface area contributed by atoms with E-state index >= 15 is 0 Å². The Labute approximate surface area is 160 Å². The van der Waals surface area contributed by atoms with Crippen molar-refractivity contribution in [1.29, 1.82) is 0 Å². The van der Waals surface area contributed by atoms with E-state index in [1.165, 1.54) is 0 Å². The molecule has 3 fully saturated rings. The predicted octanol–water partition coefficient (Wildman–Crippen LogP) is 1.91. The van der Waals surface area contributed by atoms with Crippen LogP contribution in [-0.2, 0) is 4.79 Å². The predicted molar refractivity (Wildman–Crippen MR) is 100 cm³/mol. The van der Waals surface area contributed by atoms with E-state index < -0.39 is 0 Å². The van der Waals surface area contributed by atoms with Crippen molar-refractivity contribution in [3.05, 3.63) is 17.5 Å². The van der Waals surface area contributed by atoms with Gasteiger partial charge in [-0.1, -0.05) is 12.1 Å². The molecule has 27 heavy (non-hydrogen) atoms. The van der Waals surface area contributed by atoms with Crippen molar-refractivity contribution in [2.75, 3.05) is 19.6 Å². The Morgan fingerprint density at radius 3 is 2.74 bits per heavy atom. The number of carbonyl (C=O) groups is 2. The number of amides is 2. The molecule has 2 aliphatic heterocycles. The van der Waals surface area contributed by atoms with Crippen molar-refractivity contribution in [1.82, 2.24) is 20.7 Å². The minimum absolute atomic E-state index is 0.0704. The van der Waals surface area contributed by atoms with Crippen molar-refractivity contribution in [2.45, 2.75) is 64.0 Å². The first-order valence-corrected chi connectivity index (χ1v) is 10.3. The molecule has 1 aromatic heterocycles. The standard InChI is InChI=1S/C20H30N4O3/c1-12-7-15(11-21-10-12)20(26)24-6-5-16(8-13(24)2)22-19(25)17-9-18(27-23-17)14-3-4-14/h9,12-16,21H,3-8,10-11H2,1-2H3,(H,22,25)/t12?,13-,15?,16?/m0/s1. The van der Waals surface area contributed by atoms with Gasteiger partial charge in [-0.25, -0.2) is 0 Å². The number of piperidine rings is 2. The number of hydrogen-bond acceptors (Lipinski definition) is 5. The Bertz CT molecular complexity index is 699. The van der Waals surface area contributed by atoms with E-state index in [-0.39, 0.29) is 29.8 Å². The maximum absolute atomic E-state index is 12.9. The van der Waals surface area contributed by atoms with E-state index in [0.717, 1.165) is 51.0 Å². The van der Waals surface area contributed by atoms with E-state index in [9.17, 15) is 9.59 Å². The molecule has 2 saturated heterocycles. The average Bonchev–Trinajstić information content (AvgIpc) is 3.38. The quantitative estimate of drug-likeness (QED) is 0.841. The Morgan fingerprint density at radius 2 is 2.04 bits per heavy atom. The summed E-state index contributed by atoms with van der Waals surface area (Å²) in [5.74, 6) is 1.99. The molecule has 2 N–H and O–H groups in total. The van der Waals surface area contributed by atoms with Gasteiger partial charge in [0.25, 0.3) is 5.91 Å². The lowest BCUT2D eigenvalue weighted by atomic mass is 9.89. The van der Waals surface area contributed by atoms with Crippen LogP contribution in [0.1, 0.15) is 68.1 Å². The highest BCUT2D eigenvalue weighted by Gasteiger charge is 2.35.